The molecule has 2 N–H and O–H groups in total. The number of carbonyl (C=O) groups excluding carboxylic acids is 1. The molecule has 2 aromatic carbocycles. The van der Waals surface area contributed by atoms with E-state index in [9.17, 15) is 4.79 Å². The smallest absolute Gasteiger partial charge is 0.258 e. The number of carbonyl (C=O) groups is 1. The van der Waals surface area contributed by atoms with E-state index in [-0.39, 0.29) is 5.91 Å². The first-order chi connectivity index (χ1) is 15.7. The highest BCUT2D eigenvalue weighted by atomic mass is 35.5. The quantitative estimate of drug-likeness (QED) is 0.412. The molecule has 0 fully saturated rings. The highest BCUT2D eigenvalue weighted by Crippen LogP contribution is 2.27. The first-order valence-electron chi connectivity index (χ1n) is 10.3. The van der Waals surface area contributed by atoms with Crippen LogP contribution in [-0.2, 0) is 13.6 Å². The van der Waals surface area contributed by atoms with E-state index in [2.05, 4.69) is 20.7 Å². The molecule has 174 valence electrons. The number of amides is 1. The molecule has 0 saturated carbocycles. The third kappa shape index (κ3) is 5.46. The molecule has 0 spiro atoms. The van der Waals surface area contributed by atoms with Gasteiger partial charge in [0, 0.05) is 34.6 Å². The molecule has 8 nitrogen and oxygen atoms in total. The molecule has 33 heavy (non-hydrogen) atoms. The number of ether oxygens (including phenoxy) is 2. The lowest BCUT2D eigenvalue weighted by atomic mass is 10.2. The molecular formula is C24H28ClN5O3. The van der Waals surface area contributed by atoms with Gasteiger partial charge in [0.05, 0.1) is 26.5 Å². The minimum atomic E-state index is -0.346. The van der Waals surface area contributed by atoms with Crippen LogP contribution in [0.15, 0.2) is 41.4 Å². The van der Waals surface area contributed by atoms with Gasteiger partial charge in [0.1, 0.15) is 0 Å². The zero-order valence-electron chi connectivity index (χ0n) is 19.6. The average molecular weight is 470 g/mol. The van der Waals surface area contributed by atoms with Gasteiger partial charge in [0.2, 0.25) is 5.96 Å². The molecule has 0 radical (unpaired) electrons. The first-order valence-corrected chi connectivity index (χ1v) is 10.7. The number of nitrogens with zero attached hydrogens (tertiary/aromatic N) is 3. The zero-order chi connectivity index (χ0) is 24.1. The van der Waals surface area contributed by atoms with Crippen molar-refractivity contribution in [1.82, 2.24) is 15.1 Å². The van der Waals surface area contributed by atoms with Gasteiger partial charge >= 0.3 is 0 Å². The maximum absolute atomic E-state index is 13.0. The number of guanidine groups is 1. The van der Waals surface area contributed by atoms with E-state index in [0.717, 1.165) is 28.2 Å². The number of aromatic nitrogens is 2. The number of aliphatic imine (C=N–C) groups is 1. The fraction of sp³-hybridized carbons (Fsp3) is 0.292. The second kappa shape index (κ2) is 10.4. The van der Waals surface area contributed by atoms with E-state index >= 15 is 0 Å². The predicted molar refractivity (Wildman–Crippen MR) is 131 cm³/mol. The van der Waals surface area contributed by atoms with Crippen molar-refractivity contribution < 1.29 is 14.3 Å². The number of anilines is 1. The summed E-state index contributed by atoms with van der Waals surface area (Å²) in [5.41, 5.74) is 4.90. The maximum Gasteiger partial charge on any atom is 0.258 e. The molecule has 0 atom stereocenters. The highest BCUT2D eigenvalue weighted by Gasteiger charge is 2.15. The van der Waals surface area contributed by atoms with Crippen LogP contribution in [0.25, 0.3) is 0 Å². The number of methoxy groups -OCH3 is 2. The number of aryl methyl sites for hydroxylation is 2. The monoisotopic (exact) mass is 469 g/mol. The Hall–Kier alpha value is -3.52. The van der Waals surface area contributed by atoms with Gasteiger partial charge in [-0.15, -0.1) is 0 Å². The van der Waals surface area contributed by atoms with Crippen molar-refractivity contribution in [2.75, 3.05) is 19.5 Å². The van der Waals surface area contributed by atoms with Gasteiger partial charge in [-0.1, -0.05) is 17.7 Å². The molecule has 1 aromatic heterocycles. The average Bonchev–Trinajstić information content (AvgIpc) is 3.05. The Balaban J connectivity index is 1.92. The van der Waals surface area contributed by atoms with Gasteiger partial charge in [-0.3, -0.25) is 14.8 Å². The normalized spacial score (nSPS) is 11.3. The van der Waals surface area contributed by atoms with Crippen LogP contribution in [0.5, 0.6) is 11.5 Å². The lowest BCUT2D eigenvalue weighted by Gasteiger charge is -2.15. The summed E-state index contributed by atoms with van der Waals surface area (Å²) in [6.45, 7) is 6.17. The Morgan fingerprint density at radius 1 is 1.12 bits per heavy atom. The number of benzene rings is 2. The van der Waals surface area contributed by atoms with Gasteiger partial charge in [-0.05, 0) is 56.7 Å². The second-order valence-electron chi connectivity index (χ2n) is 7.50. The topological polar surface area (TPSA) is 89.8 Å². The van der Waals surface area contributed by atoms with Gasteiger partial charge in [-0.25, -0.2) is 4.99 Å². The fourth-order valence-corrected chi connectivity index (χ4v) is 3.52. The number of hydrogen-bond donors (Lipinski definition) is 2. The van der Waals surface area contributed by atoms with Gasteiger partial charge in [0.25, 0.3) is 5.91 Å². The van der Waals surface area contributed by atoms with E-state index < -0.39 is 0 Å². The van der Waals surface area contributed by atoms with Crippen LogP contribution in [0.4, 0.5) is 5.69 Å². The molecule has 9 heteroatoms. The van der Waals surface area contributed by atoms with E-state index in [1.165, 1.54) is 7.11 Å². The third-order valence-corrected chi connectivity index (χ3v) is 5.86. The Bertz CT molecular complexity index is 1200. The summed E-state index contributed by atoms with van der Waals surface area (Å²) in [4.78, 5) is 17.7. The van der Waals surface area contributed by atoms with E-state index in [1.807, 2.05) is 50.7 Å². The van der Waals surface area contributed by atoms with Crippen LogP contribution in [0.3, 0.4) is 0 Å². The van der Waals surface area contributed by atoms with Crippen molar-refractivity contribution in [1.29, 1.82) is 0 Å². The molecular weight excluding hydrogens is 442 g/mol. The fourth-order valence-electron chi connectivity index (χ4n) is 3.34. The number of nitrogens with one attached hydrogen (secondary N) is 2. The number of rotatable bonds is 6. The minimum absolute atomic E-state index is 0.294. The summed E-state index contributed by atoms with van der Waals surface area (Å²) in [6.07, 6.45) is 0. The Morgan fingerprint density at radius 2 is 1.85 bits per heavy atom. The minimum Gasteiger partial charge on any atom is -0.493 e. The maximum atomic E-state index is 13.0. The van der Waals surface area contributed by atoms with Crippen molar-refractivity contribution in [2.24, 2.45) is 12.0 Å². The molecule has 0 aliphatic carbocycles. The summed E-state index contributed by atoms with van der Waals surface area (Å²) in [5.74, 6) is 0.950. The van der Waals surface area contributed by atoms with Crippen LogP contribution in [-0.4, -0.2) is 35.9 Å². The molecule has 0 aliphatic rings. The van der Waals surface area contributed by atoms with Crippen LogP contribution >= 0.6 is 11.6 Å². The molecule has 0 saturated heterocycles. The van der Waals surface area contributed by atoms with Gasteiger partial charge in [-0.2, -0.15) is 5.10 Å². The van der Waals surface area contributed by atoms with Crippen molar-refractivity contribution in [3.8, 4) is 11.5 Å². The van der Waals surface area contributed by atoms with Crippen molar-refractivity contribution in [3.05, 3.63) is 69.5 Å². The number of halogens is 1. The molecule has 3 rings (SSSR count). The third-order valence-electron chi connectivity index (χ3n) is 5.45. The van der Waals surface area contributed by atoms with Crippen LogP contribution < -0.4 is 20.1 Å². The van der Waals surface area contributed by atoms with Gasteiger partial charge in [0.15, 0.2) is 11.5 Å². The molecule has 1 amide bonds. The van der Waals surface area contributed by atoms with E-state index in [1.54, 1.807) is 25.3 Å². The standard InChI is InChI=1S/C24H28ClN5O3/c1-14-19(25)8-7-9-20(14)27-24(26-13-18-15(2)29-30(4)16(18)3)28-23(31)17-10-11-21(32-5)22(12-17)33-6/h7-12H,13H2,1-6H3,(H2,26,27,28,31). The second-order valence-corrected chi connectivity index (χ2v) is 7.91. The molecule has 3 aromatic rings. The SMILES string of the molecule is COc1ccc(C(=O)NC(=NCc2c(C)nn(C)c2C)Nc2cccc(Cl)c2C)cc1OC. The van der Waals surface area contributed by atoms with Crippen LogP contribution in [0, 0.1) is 20.8 Å². The van der Waals surface area contributed by atoms with Crippen LogP contribution in [0.2, 0.25) is 5.02 Å². The molecule has 0 bridgehead atoms. The lowest BCUT2D eigenvalue weighted by Crippen LogP contribution is -2.36. The largest absolute Gasteiger partial charge is 0.493 e. The van der Waals surface area contributed by atoms with Crippen molar-refractivity contribution in [2.45, 2.75) is 27.3 Å². The lowest BCUT2D eigenvalue weighted by molar-refractivity contribution is 0.0976. The number of hydrogen-bond acceptors (Lipinski definition) is 5. The zero-order valence-corrected chi connectivity index (χ0v) is 20.4. The Kier molecular flexibility index (Phi) is 7.60. The summed E-state index contributed by atoms with van der Waals surface area (Å²) in [6, 6.07) is 10.5. The van der Waals surface area contributed by atoms with Gasteiger partial charge < -0.3 is 14.8 Å². The summed E-state index contributed by atoms with van der Waals surface area (Å²) in [7, 11) is 4.96. The first kappa shape index (κ1) is 24.1. The van der Waals surface area contributed by atoms with E-state index in [4.69, 9.17) is 21.1 Å². The Morgan fingerprint density at radius 3 is 2.48 bits per heavy atom. The van der Waals surface area contributed by atoms with Crippen molar-refractivity contribution >= 4 is 29.2 Å². The summed E-state index contributed by atoms with van der Waals surface area (Å²) in [5, 5.41) is 11.1. The van der Waals surface area contributed by atoms with Crippen LogP contribution in [0.1, 0.15) is 32.9 Å². The molecule has 0 unspecified atom stereocenters. The van der Waals surface area contributed by atoms with E-state index in [0.29, 0.717) is 34.6 Å². The Labute approximate surface area is 198 Å². The van der Waals surface area contributed by atoms with Crippen molar-refractivity contribution in [3.63, 3.8) is 0 Å². The molecule has 1 heterocycles. The summed E-state index contributed by atoms with van der Waals surface area (Å²) >= 11 is 6.27. The summed E-state index contributed by atoms with van der Waals surface area (Å²) < 4.78 is 12.4. The predicted octanol–water partition coefficient (Wildman–Crippen LogP) is 4.41. The molecule has 0 aliphatic heterocycles. The highest BCUT2D eigenvalue weighted by molar-refractivity contribution is 6.31.